The van der Waals surface area contributed by atoms with Gasteiger partial charge < -0.3 is 18.9 Å². The topological polar surface area (TPSA) is 91.3 Å². The molecule has 0 spiro atoms. The van der Waals surface area contributed by atoms with Gasteiger partial charge >= 0.3 is 13.8 Å². The fourth-order valence-corrected chi connectivity index (χ4v) is 6.58. The normalized spacial score (nSPS) is 14.5. The van der Waals surface area contributed by atoms with Gasteiger partial charge in [-0.2, -0.15) is 0 Å². The van der Waals surface area contributed by atoms with E-state index < -0.39 is 13.9 Å². The number of phosphoric acid groups is 1. The molecule has 0 heterocycles. The molecule has 0 saturated carbocycles. The van der Waals surface area contributed by atoms with Crippen LogP contribution >= 0.6 is 7.82 Å². The van der Waals surface area contributed by atoms with Crippen molar-refractivity contribution in [3.8, 4) is 0 Å². The maximum Gasteiger partial charge on any atom is 0.472 e. The van der Waals surface area contributed by atoms with Gasteiger partial charge in [0.15, 0.2) is 0 Å². The summed E-state index contributed by atoms with van der Waals surface area (Å²) in [5.41, 5.74) is 0. The SMILES string of the molecule is CC/C=C\C/C=C\C/C=C\C/C=C\CCCCCOCC(COP(=O)(O)OCC[N+](C)(C)C)OC(=O)CCCCCCCC/C=C\C/C=C\C/C=C\CCCCCCC. The first kappa shape index (κ1) is 56.7. The Morgan fingerprint density at radius 2 is 0.983 bits per heavy atom. The van der Waals surface area contributed by atoms with E-state index in [0.717, 1.165) is 96.3 Å². The molecule has 0 aliphatic rings. The van der Waals surface area contributed by atoms with E-state index in [1.54, 1.807) is 0 Å². The second-order valence-electron chi connectivity index (χ2n) is 16.4. The third-order valence-corrected chi connectivity index (χ3v) is 10.4. The van der Waals surface area contributed by atoms with E-state index in [0.29, 0.717) is 24.1 Å². The van der Waals surface area contributed by atoms with Gasteiger partial charge in [-0.15, -0.1) is 0 Å². The van der Waals surface area contributed by atoms with E-state index in [1.807, 2.05) is 21.1 Å². The highest BCUT2D eigenvalue weighted by Crippen LogP contribution is 2.43. The fourth-order valence-electron chi connectivity index (χ4n) is 5.84. The van der Waals surface area contributed by atoms with E-state index >= 15 is 0 Å². The van der Waals surface area contributed by atoms with Crippen LogP contribution in [0.4, 0.5) is 0 Å². The molecule has 0 aromatic heterocycles. The Labute approximate surface area is 363 Å². The lowest BCUT2D eigenvalue weighted by molar-refractivity contribution is -0.870. The first-order valence-electron chi connectivity index (χ1n) is 23.3. The van der Waals surface area contributed by atoms with Crippen LogP contribution in [0.1, 0.15) is 168 Å². The van der Waals surface area contributed by atoms with Crippen molar-refractivity contribution in [1.29, 1.82) is 0 Å². The zero-order valence-corrected chi connectivity index (χ0v) is 39.4. The molecular formula is C50H89NO7P+. The van der Waals surface area contributed by atoms with Crippen molar-refractivity contribution in [1.82, 2.24) is 0 Å². The number of esters is 1. The maximum atomic E-state index is 12.7. The van der Waals surface area contributed by atoms with Gasteiger partial charge in [-0.3, -0.25) is 13.8 Å². The van der Waals surface area contributed by atoms with Crippen molar-refractivity contribution in [2.75, 3.05) is 54.1 Å². The lowest BCUT2D eigenvalue weighted by Crippen LogP contribution is -2.37. The molecule has 8 nitrogen and oxygen atoms in total. The molecule has 0 aliphatic carbocycles. The van der Waals surface area contributed by atoms with E-state index in [1.165, 1.54) is 51.4 Å². The van der Waals surface area contributed by atoms with Crippen molar-refractivity contribution in [3.63, 3.8) is 0 Å². The molecule has 59 heavy (non-hydrogen) atoms. The predicted molar refractivity (Wildman–Crippen MR) is 251 cm³/mol. The first-order chi connectivity index (χ1) is 28.6. The molecule has 0 aromatic carbocycles. The number of hydrogen-bond donors (Lipinski definition) is 1. The number of hydrogen-bond acceptors (Lipinski definition) is 6. The standard InChI is InChI=1S/C50H88NO7P/c1-6-8-10-12-14-16-18-20-22-24-25-26-27-28-29-31-33-35-37-39-41-43-50(52)58-49(48-57-59(53,54)56-46-44-51(3,4)5)47-55-45-42-40-38-36-34-32-30-23-21-19-17-15-13-11-9-7-2/h9,11,15,17-18,20-21,23-25,27-28,32,34,49H,6-8,10,12-14,16,19,22,26,29-31,33,35-48H2,1-5H3/p+1/b11-9-,17-15-,20-18-,23-21-,25-24-,28-27-,34-32-. The Morgan fingerprint density at radius 3 is 1.47 bits per heavy atom. The Morgan fingerprint density at radius 1 is 0.542 bits per heavy atom. The van der Waals surface area contributed by atoms with Crippen molar-refractivity contribution in [2.45, 2.75) is 174 Å². The summed E-state index contributed by atoms with van der Waals surface area (Å²) in [4.78, 5) is 22.9. The number of unbranched alkanes of at least 4 members (excludes halogenated alkanes) is 14. The summed E-state index contributed by atoms with van der Waals surface area (Å²) in [7, 11) is 1.62. The van der Waals surface area contributed by atoms with Gasteiger partial charge in [0.05, 0.1) is 34.4 Å². The van der Waals surface area contributed by atoms with Gasteiger partial charge in [-0.25, -0.2) is 4.57 Å². The smallest absolute Gasteiger partial charge is 0.457 e. The van der Waals surface area contributed by atoms with E-state index in [4.69, 9.17) is 18.5 Å². The van der Waals surface area contributed by atoms with E-state index in [-0.39, 0.29) is 25.8 Å². The third kappa shape index (κ3) is 46.6. The molecule has 9 heteroatoms. The lowest BCUT2D eigenvalue weighted by atomic mass is 10.1. The number of ether oxygens (including phenoxy) is 2. The largest absolute Gasteiger partial charge is 0.472 e. The summed E-state index contributed by atoms with van der Waals surface area (Å²) in [6.07, 6.45) is 56.2. The van der Waals surface area contributed by atoms with Crippen LogP contribution < -0.4 is 0 Å². The van der Waals surface area contributed by atoms with Crippen molar-refractivity contribution in [3.05, 3.63) is 85.1 Å². The van der Waals surface area contributed by atoms with Gasteiger partial charge in [0.2, 0.25) is 0 Å². The molecule has 0 amide bonds. The average molecular weight is 847 g/mol. The van der Waals surface area contributed by atoms with Gasteiger partial charge in [0.25, 0.3) is 0 Å². The second kappa shape index (κ2) is 42.4. The van der Waals surface area contributed by atoms with Crippen molar-refractivity contribution in [2.24, 2.45) is 0 Å². The van der Waals surface area contributed by atoms with Crippen LogP contribution in [0.25, 0.3) is 0 Å². The van der Waals surface area contributed by atoms with E-state index in [9.17, 15) is 14.3 Å². The zero-order chi connectivity index (χ0) is 43.4. The van der Waals surface area contributed by atoms with Gasteiger partial charge in [-0.05, 0) is 89.9 Å². The highest BCUT2D eigenvalue weighted by molar-refractivity contribution is 7.47. The molecule has 1 N–H and O–H groups in total. The lowest BCUT2D eigenvalue weighted by Gasteiger charge is -2.24. The number of rotatable bonds is 42. The minimum Gasteiger partial charge on any atom is -0.457 e. The van der Waals surface area contributed by atoms with E-state index in [2.05, 4.69) is 98.9 Å². The fraction of sp³-hybridized carbons (Fsp3) is 0.700. The minimum atomic E-state index is -4.30. The molecule has 0 saturated heterocycles. The molecule has 2 unspecified atom stereocenters. The van der Waals surface area contributed by atoms with Crippen LogP contribution in [0.5, 0.6) is 0 Å². The van der Waals surface area contributed by atoms with Crippen LogP contribution in [-0.2, 0) is 27.9 Å². The number of likely N-dealkylation sites (N-methyl/N-ethyl adjacent to an activating group) is 1. The number of phosphoric ester groups is 1. The Bertz CT molecular complexity index is 1210. The second-order valence-corrected chi connectivity index (χ2v) is 17.9. The van der Waals surface area contributed by atoms with Crippen LogP contribution in [0.3, 0.4) is 0 Å². The summed E-state index contributed by atoms with van der Waals surface area (Å²) in [6.45, 7) is 5.38. The third-order valence-electron chi connectivity index (χ3n) is 9.44. The molecule has 0 rings (SSSR count). The molecular weight excluding hydrogens is 758 g/mol. The average Bonchev–Trinajstić information content (AvgIpc) is 3.19. The molecule has 0 radical (unpaired) electrons. The van der Waals surface area contributed by atoms with Crippen LogP contribution in [-0.4, -0.2) is 75.6 Å². The Balaban J connectivity index is 4.30. The number of allylic oxidation sites excluding steroid dienone is 14. The highest BCUT2D eigenvalue weighted by Gasteiger charge is 2.26. The molecule has 0 aliphatic heterocycles. The molecule has 340 valence electrons. The monoisotopic (exact) mass is 847 g/mol. The summed E-state index contributed by atoms with van der Waals surface area (Å²) in [6, 6.07) is 0. The highest BCUT2D eigenvalue weighted by atomic mass is 31.2. The summed E-state index contributed by atoms with van der Waals surface area (Å²) in [5.74, 6) is -0.341. The number of quaternary nitrogens is 1. The van der Waals surface area contributed by atoms with Gasteiger partial charge in [0, 0.05) is 13.0 Å². The maximum absolute atomic E-state index is 12.7. The van der Waals surface area contributed by atoms with Gasteiger partial charge in [-0.1, -0.05) is 157 Å². The van der Waals surface area contributed by atoms with Crippen LogP contribution in [0.2, 0.25) is 0 Å². The molecule has 2 atom stereocenters. The van der Waals surface area contributed by atoms with Crippen molar-refractivity contribution < 1.29 is 37.3 Å². The summed E-state index contributed by atoms with van der Waals surface area (Å²) in [5, 5.41) is 0. The summed E-state index contributed by atoms with van der Waals surface area (Å²) < 4.78 is 35.0. The zero-order valence-electron chi connectivity index (χ0n) is 38.5. The first-order valence-corrected chi connectivity index (χ1v) is 24.8. The molecule has 0 bridgehead atoms. The van der Waals surface area contributed by atoms with Gasteiger partial charge in [0.1, 0.15) is 19.3 Å². The molecule has 0 aromatic rings. The molecule has 0 fully saturated rings. The van der Waals surface area contributed by atoms with Crippen LogP contribution in [0.15, 0.2) is 85.1 Å². The van der Waals surface area contributed by atoms with Crippen LogP contribution in [0, 0.1) is 0 Å². The quantitative estimate of drug-likeness (QED) is 0.0215. The summed E-state index contributed by atoms with van der Waals surface area (Å²) >= 11 is 0. The Hall–Kier alpha value is -2.32. The Kier molecular flexibility index (Phi) is 40.7. The minimum absolute atomic E-state index is 0.0745. The van der Waals surface area contributed by atoms with Crippen molar-refractivity contribution >= 4 is 13.8 Å². The number of nitrogens with zero attached hydrogens (tertiary/aromatic N) is 1. The number of carbonyl (C=O) groups is 1. The number of carbonyl (C=O) groups excluding carboxylic acids is 1. The predicted octanol–water partition coefficient (Wildman–Crippen LogP) is 14.1.